The van der Waals surface area contributed by atoms with Gasteiger partial charge in [-0.1, -0.05) is 25.0 Å². The molecule has 4 heteroatoms. The van der Waals surface area contributed by atoms with Gasteiger partial charge in [-0.2, -0.15) is 0 Å². The summed E-state index contributed by atoms with van der Waals surface area (Å²) in [7, 11) is 0. The van der Waals surface area contributed by atoms with Crippen molar-refractivity contribution in [1.29, 1.82) is 0 Å². The van der Waals surface area contributed by atoms with Gasteiger partial charge in [0, 0.05) is 11.8 Å². The van der Waals surface area contributed by atoms with E-state index < -0.39 is 17.4 Å². The molecular formula is C17H21F3O. The van der Waals surface area contributed by atoms with E-state index in [9.17, 15) is 18.3 Å². The highest BCUT2D eigenvalue weighted by Gasteiger charge is 2.58. The van der Waals surface area contributed by atoms with Crippen LogP contribution in [0.5, 0.6) is 0 Å². The van der Waals surface area contributed by atoms with E-state index in [0.717, 1.165) is 18.4 Å². The largest absolute Gasteiger partial charge is 0.386 e. The summed E-state index contributed by atoms with van der Waals surface area (Å²) in [5, 5.41) is 10.1. The van der Waals surface area contributed by atoms with Crippen LogP contribution in [0.4, 0.5) is 13.2 Å². The lowest BCUT2D eigenvalue weighted by Gasteiger charge is -2.46. The number of halogens is 3. The van der Waals surface area contributed by atoms with Gasteiger partial charge in [-0.15, -0.1) is 0 Å². The van der Waals surface area contributed by atoms with E-state index in [0.29, 0.717) is 24.8 Å². The Morgan fingerprint density at radius 1 is 1.14 bits per heavy atom. The average Bonchev–Trinajstić information content (AvgIpc) is 2.88. The maximum absolute atomic E-state index is 14.3. The summed E-state index contributed by atoms with van der Waals surface area (Å²) in [5.41, 5.74) is 0.600. The predicted molar refractivity (Wildman–Crippen MR) is 75.0 cm³/mol. The number of aryl methyl sites for hydroxylation is 1. The zero-order chi connectivity index (χ0) is 15.3. The van der Waals surface area contributed by atoms with E-state index in [2.05, 4.69) is 0 Å². The summed E-state index contributed by atoms with van der Waals surface area (Å²) in [5.74, 6) is -3.67. The Hall–Kier alpha value is -1.03. The van der Waals surface area contributed by atoms with Crippen LogP contribution in [0.3, 0.4) is 0 Å². The topological polar surface area (TPSA) is 20.2 Å². The maximum atomic E-state index is 14.3. The number of rotatable bonds is 1. The van der Waals surface area contributed by atoms with Gasteiger partial charge in [-0.3, -0.25) is 0 Å². The van der Waals surface area contributed by atoms with Gasteiger partial charge in [-0.05, 0) is 49.3 Å². The molecule has 0 aliphatic heterocycles. The van der Waals surface area contributed by atoms with Crippen LogP contribution >= 0.6 is 0 Å². The third-order valence-corrected chi connectivity index (χ3v) is 5.40. The molecule has 0 amide bonds. The van der Waals surface area contributed by atoms with Crippen LogP contribution in [0, 0.1) is 18.2 Å². The molecule has 1 nitrogen and oxygen atoms in total. The minimum Gasteiger partial charge on any atom is -0.386 e. The second-order valence-corrected chi connectivity index (χ2v) is 6.85. The fourth-order valence-electron chi connectivity index (χ4n) is 4.28. The molecule has 1 aromatic carbocycles. The maximum Gasteiger partial charge on any atom is 0.274 e. The van der Waals surface area contributed by atoms with E-state index in [-0.39, 0.29) is 18.2 Å². The van der Waals surface area contributed by atoms with Crippen LogP contribution in [0.1, 0.15) is 55.6 Å². The first kappa shape index (κ1) is 14.9. The summed E-state index contributed by atoms with van der Waals surface area (Å²) in [6.45, 7) is 1.65. The van der Waals surface area contributed by atoms with Crippen molar-refractivity contribution in [2.24, 2.45) is 5.41 Å². The first-order chi connectivity index (χ1) is 9.84. The summed E-state index contributed by atoms with van der Waals surface area (Å²) in [6, 6.07) is 4.65. The van der Waals surface area contributed by atoms with E-state index in [1.165, 1.54) is 6.07 Å². The lowest BCUT2D eigenvalue weighted by Crippen LogP contribution is -2.51. The molecule has 2 saturated carbocycles. The van der Waals surface area contributed by atoms with Gasteiger partial charge in [0.2, 0.25) is 0 Å². The van der Waals surface area contributed by atoms with Crippen LogP contribution in [-0.2, 0) is 0 Å². The minimum absolute atomic E-state index is 0.305. The Kier molecular flexibility index (Phi) is 3.55. The molecule has 0 unspecified atom stereocenters. The quantitative estimate of drug-likeness (QED) is 0.805. The van der Waals surface area contributed by atoms with Crippen molar-refractivity contribution in [2.45, 2.75) is 63.4 Å². The Bertz CT molecular complexity index is 535. The second kappa shape index (κ2) is 5.01. The molecule has 3 rings (SSSR count). The van der Waals surface area contributed by atoms with Crippen LogP contribution in [0.2, 0.25) is 0 Å². The number of benzene rings is 1. The second-order valence-electron chi connectivity index (χ2n) is 6.85. The van der Waals surface area contributed by atoms with Gasteiger partial charge < -0.3 is 5.11 Å². The molecule has 21 heavy (non-hydrogen) atoms. The number of aliphatic hydroxyl groups excluding tert-OH is 1. The van der Waals surface area contributed by atoms with Crippen molar-refractivity contribution < 1.29 is 18.3 Å². The molecule has 2 aliphatic rings. The zero-order valence-electron chi connectivity index (χ0n) is 12.2. The molecule has 0 aromatic heterocycles. The zero-order valence-corrected chi connectivity index (χ0v) is 12.2. The van der Waals surface area contributed by atoms with E-state index >= 15 is 0 Å². The summed E-state index contributed by atoms with van der Waals surface area (Å²) in [6.07, 6.45) is 1.84. The molecule has 2 fully saturated rings. The Morgan fingerprint density at radius 2 is 1.81 bits per heavy atom. The molecular weight excluding hydrogens is 277 g/mol. The number of hydrogen-bond donors (Lipinski definition) is 1. The van der Waals surface area contributed by atoms with Gasteiger partial charge in [0.1, 0.15) is 11.9 Å². The SMILES string of the molecule is Cc1cc([C@H]2CC(F)(F)[C@@H](O)C3(CCCC3)C2)ccc1F. The highest BCUT2D eigenvalue weighted by molar-refractivity contribution is 5.28. The Balaban J connectivity index is 1.94. The molecule has 1 spiro atoms. The van der Waals surface area contributed by atoms with E-state index in [1.54, 1.807) is 19.1 Å². The first-order valence-corrected chi connectivity index (χ1v) is 7.66. The molecule has 0 radical (unpaired) electrons. The van der Waals surface area contributed by atoms with Crippen molar-refractivity contribution in [3.63, 3.8) is 0 Å². The highest BCUT2D eigenvalue weighted by atomic mass is 19.3. The van der Waals surface area contributed by atoms with E-state index in [4.69, 9.17) is 0 Å². The van der Waals surface area contributed by atoms with Gasteiger partial charge in [0.25, 0.3) is 5.92 Å². The third-order valence-electron chi connectivity index (χ3n) is 5.40. The molecule has 2 atom stereocenters. The summed E-state index contributed by atoms with van der Waals surface area (Å²) >= 11 is 0. The molecule has 116 valence electrons. The molecule has 0 bridgehead atoms. The van der Waals surface area contributed by atoms with Gasteiger partial charge in [-0.25, -0.2) is 13.2 Å². The van der Waals surface area contributed by atoms with Crippen LogP contribution in [0.15, 0.2) is 18.2 Å². The normalized spacial score (nSPS) is 30.7. The lowest BCUT2D eigenvalue weighted by atomic mass is 9.63. The smallest absolute Gasteiger partial charge is 0.274 e. The lowest BCUT2D eigenvalue weighted by molar-refractivity contribution is -0.192. The van der Waals surface area contributed by atoms with Crippen molar-refractivity contribution in [1.82, 2.24) is 0 Å². The standard InChI is InChI=1S/C17H21F3O/c1-11-8-12(4-5-14(11)18)13-9-16(6-2-3-7-16)15(21)17(19,20)10-13/h4-5,8,13,15,21H,2-3,6-7,9-10H2,1H3/t13-,15+/m1/s1. The van der Waals surface area contributed by atoms with Gasteiger partial charge >= 0.3 is 0 Å². The number of hydrogen-bond acceptors (Lipinski definition) is 1. The summed E-state index contributed by atoms with van der Waals surface area (Å²) in [4.78, 5) is 0. The monoisotopic (exact) mass is 298 g/mol. The fourth-order valence-corrected chi connectivity index (χ4v) is 4.28. The van der Waals surface area contributed by atoms with Crippen molar-refractivity contribution in [3.05, 3.63) is 35.1 Å². The average molecular weight is 298 g/mol. The Morgan fingerprint density at radius 3 is 2.43 bits per heavy atom. The summed E-state index contributed by atoms with van der Waals surface area (Å²) < 4.78 is 42.0. The van der Waals surface area contributed by atoms with Crippen molar-refractivity contribution in [2.75, 3.05) is 0 Å². The van der Waals surface area contributed by atoms with Crippen LogP contribution in [-0.4, -0.2) is 17.1 Å². The number of alkyl halides is 2. The fraction of sp³-hybridized carbons (Fsp3) is 0.647. The van der Waals surface area contributed by atoms with Gasteiger partial charge in [0.05, 0.1) is 0 Å². The minimum atomic E-state index is -3.06. The third kappa shape index (κ3) is 2.48. The van der Waals surface area contributed by atoms with E-state index in [1.807, 2.05) is 0 Å². The number of aliphatic hydroxyl groups is 1. The van der Waals surface area contributed by atoms with Crippen molar-refractivity contribution >= 4 is 0 Å². The predicted octanol–water partition coefficient (Wildman–Crippen LogP) is 4.57. The molecule has 1 N–H and O–H groups in total. The molecule has 1 aromatic rings. The molecule has 0 heterocycles. The van der Waals surface area contributed by atoms with Crippen LogP contribution in [0.25, 0.3) is 0 Å². The highest BCUT2D eigenvalue weighted by Crippen LogP contribution is 2.57. The molecule has 2 aliphatic carbocycles. The Labute approximate surface area is 123 Å². The van der Waals surface area contributed by atoms with Crippen LogP contribution < -0.4 is 0 Å². The first-order valence-electron chi connectivity index (χ1n) is 7.66. The molecule has 0 saturated heterocycles. The van der Waals surface area contributed by atoms with Gasteiger partial charge in [0.15, 0.2) is 0 Å². The van der Waals surface area contributed by atoms with Crippen molar-refractivity contribution in [3.8, 4) is 0 Å².